The van der Waals surface area contributed by atoms with Crippen molar-refractivity contribution in [2.75, 3.05) is 7.11 Å². The van der Waals surface area contributed by atoms with Crippen molar-refractivity contribution in [3.63, 3.8) is 0 Å². The van der Waals surface area contributed by atoms with Crippen molar-refractivity contribution >= 4 is 72.1 Å². The molecule has 1 N–H and O–H groups in total. The number of ether oxygens (including phenoxy) is 1. The van der Waals surface area contributed by atoms with Gasteiger partial charge in [0.15, 0.2) is 11.5 Å². The van der Waals surface area contributed by atoms with Crippen molar-refractivity contribution in [3.05, 3.63) is 61.4 Å². The fourth-order valence-electron chi connectivity index (χ4n) is 2.43. The quantitative estimate of drug-likeness (QED) is 0.441. The number of thiocarbonyl (C=S) groups is 1. The number of methoxy groups -OCH3 is 1. The van der Waals surface area contributed by atoms with Crippen molar-refractivity contribution in [2.24, 2.45) is 0 Å². The van der Waals surface area contributed by atoms with E-state index in [4.69, 9.17) is 17.0 Å². The van der Waals surface area contributed by atoms with E-state index >= 15 is 0 Å². The zero-order chi connectivity index (χ0) is 18.8. The minimum absolute atomic E-state index is 0.0455. The maximum atomic E-state index is 12.8. The lowest BCUT2D eigenvalue weighted by Crippen LogP contribution is -2.27. The lowest BCUT2D eigenvalue weighted by atomic mass is 10.1. The SMILES string of the molecule is COc1cc(Br)c(Br)c(/C=C2\SC(=S)N(Cc3ccccc3)C2=O)c1O. The molecule has 2 aromatic carbocycles. The summed E-state index contributed by atoms with van der Waals surface area (Å²) in [5.74, 6) is 0.0797. The van der Waals surface area contributed by atoms with E-state index in [1.807, 2.05) is 30.3 Å². The van der Waals surface area contributed by atoms with Gasteiger partial charge in [-0.1, -0.05) is 54.3 Å². The first-order valence-electron chi connectivity index (χ1n) is 7.46. The van der Waals surface area contributed by atoms with E-state index in [0.29, 0.717) is 36.0 Å². The Kier molecular flexibility index (Phi) is 6.06. The van der Waals surface area contributed by atoms with Crippen LogP contribution in [0.1, 0.15) is 11.1 Å². The highest BCUT2D eigenvalue weighted by molar-refractivity contribution is 9.13. The molecule has 0 aromatic heterocycles. The van der Waals surface area contributed by atoms with Crippen LogP contribution in [-0.4, -0.2) is 27.3 Å². The average Bonchev–Trinajstić information content (AvgIpc) is 2.90. The van der Waals surface area contributed by atoms with Gasteiger partial charge in [-0.2, -0.15) is 0 Å². The van der Waals surface area contributed by atoms with Crippen LogP contribution in [0.5, 0.6) is 11.5 Å². The Hall–Kier alpha value is -1.35. The van der Waals surface area contributed by atoms with Crippen LogP contribution in [0.15, 0.2) is 50.2 Å². The first-order valence-corrected chi connectivity index (χ1v) is 10.3. The lowest BCUT2D eigenvalue weighted by Gasteiger charge is -2.14. The third-order valence-electron chi connectivity index (χ3n) is 3.74. The molecule has 0 saturated carbocycles. The second-order valence-electron chi connectivity index (χ2n) is 5.39. The second kappa shape index (κ2) is 8.12. The third-order valence-corrected chi connectivity index (χ3v) is 7.13. The topological polar surface area (TPSA) is 49.8 Å². The first-order chi connectivity index (χ1) is 12.4. The number of phenols is 1. The normalized spacial score (nSPS) is 15.8. The Labute approximate surface area is 177 Å². The van der Waals surface area contributed by atoms with E-state index in [2.05, 4.69) is 31.9 Å². The van der Waals surface area contributed by atoms with Gasteiger partial charge in [-0.25, -0.2) is 0 Å². The summed E-state index contributed by atoms with van der Waals surface area (Å²) in [6.07, 6.45) is 1.62. The number of carbonyl (C=O) groups excluding carboxylic acids is 1. The Morgan fingerprint density at radius 2 is 2.00 bits per heavy atom. The summed E-state index contributed by atoms with van der Waals surface area (Å²) < 4.78 is 7.00. The maximum absolute atomic E-state index is 12.8. The smallest absolute Gasteiger partial charge is 0.266 e. The van der Waals surface area contributed by atoms with Crippen molar-refractivity contribution in [1.29, 1.82) is 0 Å². The third kappa shape index (κ3) is 3.83. The van der Waals surface area contributed by atoms with Gasteiger partial charge in [0.05, 0.1) is 18.6 Å². The van der Waals surface area contributed by atoms with Crippen molar-refractivity contribution < 1.29 is 14.6 Å². The molecule has 1 fully saturated rings. The number of nitrogens with zero attached hydrogens (tertiary/aromatic N) is 1. The number of thioether (sulfide) groups is 1. The van der Waals surface area contributed by atoms with Crippen LogP contribution in [0, 0.1) is 0 Å². The lowest BCUT2D eigenvalue weighted by molar-refractivity contribution is -0.122. The first kappa shape index (κ1) is 19.4. The summed E-state index contributed by atoms with van der Waals surface area (Å²) in [5.41, 5.74) is 1.45. The van der Waals surface area contributed by atoms with Gasteiger partial charge < -0.3 is 9.84 Å². The molecule has 3 rings (SSSR count). The molecule has 1 heterocycles. The Bertz CT molecular complexity index is 916. The molecule has 134 valence electrons. The number of hydrogen-bond acceptors (Lipinski definition) is 5. The predicted octanol–water partition coefficient (Wildman–Crippen LogP) is 5.33. The monoisotopic (exact) mass is 513 g/mol. The Balaban J connectivity index is 1.95. The minimum atomic E-state index is -0.186. The number of carbonyl (C=O) groups is 1. The number of aromatic hydroxyl groups is 1. The van der Waals surface area contributed by atoms with Crippen molar-refractivity contribution in [2.45, 2.75) is 6.54 Å². The minimum Gasteiger partial charge on any atom is -0.504 e. The summed E-state index contributed by atoms with van der Waals surface area (Å²) in [4.78, 5) is 14.8. The Morgan fingerprint density at radius 3 is 2.65 bits per heavy atom. The summed E-state index contributed by atoms with van der Waals surface area (Å²) in [7, 11) is 1.47. The number of amides is 1. The number of halogens is 2. The zero-order valence-corrected chi connectivity index (χ0v) is 18.3. The summed E-state index contributed by atoms with van der Waals surface area (Å²) in [6, 6.07) is 11.3. The second-order valence-corrected chi connectivity index (χ2v) is 8.71. The van der Waals surface area contributed by atoms with Crippen molar-refractivity contribution in [1.82, 2.24) is 4.90 Å². The van der Waals surface area contributed by atoms with Crippen LogP contribution in [0.25, 0.3) is 6.08 Å². The fourth-order valence-corrected chi connectivity index (χ4v) is 4.51. The molecule has 1 aliphatic heterocycles. The van der Waals surface area contributed by atoms with Gasteiger partial charge in [0, 0.05) is 14.5 Å². The van der Waals surface area contributed by atoms with E-state index in [-0.39, 0.29) is 11.7 Å². The van der Waals surface area contributed by atoms with Crippen LogP contribution in [-0.2, 0) is 11.3 Å². The molecule has 0 bridgehead atoms. The summed E-state index contributed by atoms with van der Waals surface area (Å²) in [6.45, 7) is 0.414. The molecule has 0 radical (unpaired) electrons. The molecular weight excluding hydrogens is 502 g/mol. The van der Waals surface area contributed by atoms with E-state index in [9.17, 15) is 9.90 Å². The van der Waals surface area contributed by atoms with Gasteiger partial charge in [-0.15, -0.1) is 0 Å². The van der Waals surface area contributed by atoms with Crippen LogP contribution in [0.3, 0.4) is 0 Å². The van der Waals surface area contributed by atoms with E-state index < -0.39 is 0 Å². The van der Waals surface area contributed by atoms with Gasteiger partial charge in [0.25, 0.3) is 5.91 Å². The predicted molar refractivity (Wildman–Crippen MR) is 115 cm³/mol. The van der Waals surface area contributed by atoms with Crippen molar-refractivity contribution in [3.8, 4) is 11.5 Å². The summed E-state index contributed by atoms with van der Waals surface area (Å²) in [5, 5.41) is 10.4. The number of phenolic OH excluding ortho intramolecular Hbond substituents is 1. The van der Waals surface area contributed by atoms with Gasteiger partial charge in [-0.3, -0.25) is 9.69 Å². The molecule has 4 nitrogen and oxygen atoms in total. The van der Waals surface area contributed by atoms with E-state index in [0.717, 1.165) is 5.56 Å². The van der Waals surface area contributed by atoms with Gasteiger partial charge in [-0.05, 0) is 49.6 Å². The molecule has 1 amide bonds. The highest BCUT2D eigenvalue weighted by Crippen LogP contribution is 2.43. The number of rotatable bonds is 4. The average molecular weight is 515 g/mol. The molecule has 0 aliphatic carbocycles. The van der Waals surface area contributed by atoms with Crippen LogP contribution >= 0.6 is 55.8 Å². The number of hydrogen-bond donors (Lipinski definition) is 1. The van der Waals surface area contributed by atoms with Crippen LogP contribution < -0.4 is 4.74 Å². The molecule has 0 atom stereocenters. The molecule has 8 heteroatoms. The molecule has 0 unspecified atom stereocenters. The molecular formula is C18H13Br2NO3S2. The van der Waals surface area contributed by atoms with Gasteiger partial charge in [0.2, 0.25) is 0 Å². The standard InChI is InChI=1S/C18H13Br2NO3S2/c1-24-13-8-12(19)15(20)11(16(13)22)7-14-17(23)21(18(25)26-14)9-10-5-3-2-4-6-10/h2-8,22H,9H2,1H3/b14-7-. The highest BCUT2D eigenvalue weighted by atomic mass is 79.9. The van der Waals surface area contributed by atoms with Crippen LogP contribution in [0.2, 0.25) is 0 Å². The fraction of sp³-hybridized carbons (Fsp3) is 0.111. The maximum Gasteiger partial charge on any atom is 0.266 e. The zero-order valence-electron chi connectivity index (χ0n) is 13.5. The van der Waals surface area contributed by atoms with Crippen LogP contribution in [0.4, 0.5) is 0 Å². The van der Waals surface area contributed by atoms with Gasteiger partial charge in [0.1, 0.15) is 4.32 Å². The summed E-state index contributed by atoms with van der Waals surface area (Å²) >= 11 is 13.4. The van der Waals surface area contributed by atoms with E-state index in [1.165, 1.54) is 18.9 Å². The van der Waals surface area contributed by atoms with E-state index in [1.54, 1.807) is 17.0 Å². The molecule has 26 heavy (non-hydrogen) atoms. The Morgan fingerprint density at radius 1 is 1.31 bits per heavy atom. The molecule has 0 spiro atoms. The largest absolute Gasteiger partial charge is 0.504 e. The molecule has 1 saturated heterocycles. The highest BCUT2D eigenvalue weighted by Gasteiger charge is 2.32. The molecule has 2 aromatic rings. The van der Waals surface area contributed by atoms with Gasteiger partial charge >= 0.3 is 0 Å². The number of benzene rings is 2. The molecule has 1 aliphatic rings.